The zero-order chi connectivity index (χ0) is 27.8. The topological polar surface area (TPSA) is 126 Å². The Balaban J connectivity index is 1.89. The Bertz CT molecular complexity index is 1590. The molecule has 0 atom stereocenters. The van der Waals surface area contributed by atoms with Crippen LogP contribution in [0.5, 0.6) is 5.88 Å². The molecule has 0 saturated carbocycles. The quantitative estimate of drug-likeness (QED) is 0.330. The molecule has 200 valence electrons. The minimum absolute atomic E-state index is 0.0202. The van der Waals surface area contributed by atoms with Crippen molar-refractivity contribution in [3.63, 3.8) is 0 Å². The van der Waals surface area contributed by atoms with Crippen LogP contribution < -0.4 is 10.5 Å². The Kier molecular flexibility index (Phi) is 7.40. The minimum Gasteiger partial charge on any atom is -0.469 e. The lowest BCUT2D eigenvalue weighted by atomic mass is 9.99. The first kappa shape index (κ1) is 27.0. The number of anilines is 1. The van der Waals surface area contributed by atoms with Crippen LogP contribution >= 0.6 is 0 Å². The molecule has 4 rings (SSSR count). The predicted octanol–water partition coefficient (Wildman–Crippen LogP) is 4.93. The van der Waals surface area contributed by atoms with Crippen molar-refractivity contribution in [3.8, 4) is 28.3 Å². The van der Waals surface area contributed by atoms with Crippen LogP contribution in [0.3, 0.4) is 0 Å². The number of halogens is 3. The predicted molar refractivity (Wildman–Crippen MR) is 135 cm³/mol. The largest absolute Gasteiger partial charge is 0.469 e. The first-order chi connectivity index (χ1) is 17.8. The molecule has 2 N–H and O–H groups in total. The average molecular weight is 547 g/mol. The molecule has 3 heterocycles. The molecule has 0 amide bonds. The third-order valence-corrected chi connectivity index (χ3v) is 6.63. The van der Waals surface area contributed by atoms with Gasteiger partial charge in [0.25, 0.3) is 6.43 Å². The molecule has 4 aromatic rings. The molecule has 9 nitrogen and oxygen atoms in total. The summed E-state index contributed by atoms with van der Waals surface area (Å²) in [5, 5.41) is 0.0202. The second kappa shape index (κ2) is 10.4. The molecule has 0 aliphatic heterocycles. The second-order valence-electron chi connectivity index (χ2n) is 8.88. The summed E-state index contributed by atoms with van der Waals surface area (Å²) in [6, 6.07) is 7.90. The summed E-state index contributed by atoms with van der Waals surface area (Å²) in [4.78, 5) is 16.6. The molecule has 0 spiro atoms. The number of rotatable bonds is 8. The van der Waals surface area contributed by atoms with Gasteiger partial charge in [0.2, 0.25) is 11.8 Å². The number of nitrogens with zero attached hydrogens (tertiary/aromatic N) is 5. The fourth-order valence-electron chi connectivity index (χ4n) is 4.04. The number of nitrogens with two attached hydrogens (primary N) is 1. The monoisotopic (exact) mass is 546 g/mol. The van der Waals surface area contributed by atoms with Gasteiger partial charge in [0.1, 0.15) is 23.9 Å². The van der Waals surface area contributed by atoms with E-state index in [9.17, 15) is 21.6 Å². The van der Waals surface area contributed by atoms with Crippen molar-refractivity contribution in [2.75, 3.05) is 12.0 Å². The molecule has 0 saturated heterocycles. The number of hydrogen-bond donors (Lipinski definition) is 1. The number of ether oxygens (including phenoxy) is 1. The normalized spacial score (nSPS) is 11.9. The van der Waals surface area contributed by atoms with E-state index in [1.54, 1.807) is 26.8 Å². The Morgan fingerprint density at radius 2 is 1.74 bits per heavy atom. The van der Waals surface area contributed by atoms with Crippen molar-refractivity contribution in [1.29, 1.82) is 0 Å². The molecule has 38 heavy (non-hydrogen) atoms. The molecular formula is C25H25F3N6O3S. The van der Waals surface area contributed by atoms with E-state index in [4.69, 9.17) is 10.5 Å². The third-order valence-electron chi connectivity index (χ3n) is 5.57. The summed E-state index contributed by atoms with van der Waals surface area (Å²) < 4.78 is 72.9. The number of hydrogen-bond acceptors (Lipinski definition) is 8. The first-order valence-electron chi connectivity index (χ1n) is 11.4. The average Bonchev–Trinajstić information content (AvgIpc) is 3.27. The molecule has 3 aromatic heterocycles. The number of sulfone groups is 1. The van der Waals surface area contributed by atoms with Crippen molar-refractivity contribution >= 4 is 15.8 Å². The van der Waals surface area contributed by atoms with E-state index in [1.807, 2.05) is 0 Å². The highest BCUT2D eigenvalue weighted by molar-refractivity contribution is 7.90. The highest BCUT2D eigenvalue weighted by atomic mass is 32.2. The van der Waals surface area contributed by atoms with E-state index < -0.39 is 27.8 Å². The van der Waals surface area contributed by atoms with Crippen LogP contribution in [-0.2, 0) is 16.4 Å². The lowest BCUT2D eigenvalue weighted by Gasteiger charge is -2.18. The van der Waals surface area contributed by atoms with Crippen LogP contribution in [-0.4, -0.2) is 39.2 Å². The van der Waals surface area contributed by atoms with Crippen LogP contribution in [0.25, 0.3) is 22.4 Å². The molecule has 0 bridgehead atoms. The van der Waals surface area contributed by atoms with Gasteiger partial charge in [0, 0.05) is 23.6 Å². The summed E-state index contributed by atoms with van der Waals surface area (Å²) in [6.07, 6.45) is -0.512. The van der Waals surface area contributed by atoms with Gasteiger partial charge in [-0.15, -0.1) is 0 Å². The number of aromatic nitrogens is 5. The van der Waals surface area contributed by atoms with Gasteiger partial charge in [-0.1, -0.05) is 0 Å². The van der Waals surface area contributed by atoms with Gasteiger partial charge >= 0.3 is 0 Å². The first-order valence-corrected chi connectivity index (χ1v) is 13.3. The van der Waals surface area contributed by atoms with E-state index in [1.165, 1.54) is 41.1 Å². The molecule has 0 unspecified atom stereocenters. The highest BCUT2D eigenvalue weighted by Crippen LogP contribution is 2.39. The Morgan fingerprint density at radius 1 is 1.05 bits per heavy atom. The van der Waals surface area contributed by atoms with Crippen molar-refractivity contribution < 1.29 is 26.3 Å². The van der Waals surface area contributed by atoms with Crippen LogP contribution in [0.2, 0.25) is 0 Å². The summed E-state index contributed by atoms with van der Waals surface area (Å²) in [5.74, 6) is -0.407. The fraction of sp³-hybridized carbons (Fsp3) is 0.280. The zero-order valence-corrected chi connectivity index (χ0v) is 21.8. The van der Waals surface area contributed by atoms with Gasteiger partial charge in [0.05, 0.1) is 17.5 Å². The highest BCUT2D eigenvalue weighted by Gasteiger charge is 2.24. The number of pyridine rings is 1. The Morgan fingerprint density at radius 3 is 2.34 bits per heavy atom. The summed E-state index contributed by atoms with van der Waals surface area (Å²) in [6.45, 7) is 4.95. The van der Waals surface area contributed by atoms with Gasteiger partial charge in [-0.2, -0.15) is 4.98 Å². The summed E-state index contributed by atoms with van der Waals surface area (Å²) in [5.41, 5.74) is 7.02. The number of benzene rings is 1. The molecular weight excluding hydrogens is 521 g/mol. The summed E-state index contributed by atoms with van der Waals surface area (Å²) in [7, 11) is -3.57. The van der Waals surface area contributed by atoms with Crippen molar-refractivity contribution in [2.45, 2.75) is 44.9 Å². The van der Waals surface area contributed by atoms with E-state index in [0.29, 0.717) is 17.1 Å². The van der Waals surface area contributed by atoms with Gasteiger partial charge in [-0.25, -0.2) is 31.6 Å². The van der Waals surface area contributed by atoms with Crippen LogP contribution in [0, 0.1) is 12.7 Å². The van der Waals surface area contributed by atoms with E-state index in [2.05, 4.69) is 19.9 Å². The number of nitrogen functional groups attached to an aromatic ring is 1. The number of alkyl halides is 2. The molecule has 1 aromatic carbocycles. The number of imidazole rings is 1. The zero-order valence-electron chi connectivity index (χ0n) is 21.0. The van der Waals surface area contributed by atoms with E-state index in [0.717, 1.165) is 6.26 Å². The number of aryl methyl sites for hydroxylation is 1. The van der Waals surface area contributed by atoms with Gasteiger partial charge < -0.3 is 15.0 Å². The van der Waals surface area contributed by atoms with Crippen LogP contribution in [0.15, 0.2) is 47.6 Å². The van der Waals surface area contributed by atoms with E-state index in [-0.39, 0.29) is 46.3 Å². The standard InChI is InChI=1S/C25H25F3N6O3S/c1-13(2)34-19(30-11-20(34)38(4,35)36)12-37-24-21(16-9-14(3)31-18(10-16)23(27)28)22(32-25(29)33-24)15-5-7-17(26)8-6-15/h5-11,13,23H,12H2,1-4H3,(H2,29,32,33). The fourth-order valence-corrected chi connectivity index (χ4v) is 4.95. The van der Waals surface area contributed by atoms with Gasteiger partial charge in [-0.3, -0.25) is 4.98 Å². The molecule has 0 fully saturated rings. The van der Waals surface area contributed by atoms with Gasteiger partial charge in [0.15, 0.2) is 14.9 Å². The lowest BCUT2D eigenvalue weighted by Crippen LogP contribution is -2.15. The van der Waals surface area contributed by atoms with Crippen LogP contribution in [0.1, 0.15) is 43.5 Å². The SMILES string of the molecule is Cc1cc(-c2c(OCc3ncc(S(C)(=O)=O)n3C(C)C)nc(N)nc2-c2ccc(F)cc2)cc(C(F)F)n1. The third kappa shape index (κ3) is 5.62. The van der Waals surface area contributed by atoms with Crippen molar-refractivity contribution in [1.82, 2.24) is 24.5 Å². The van der Waals surface area contributed by atoms with Crippen molar-refractivity contribution in [3.05, 3.63) is 65.6 Å². The van der Waals surface area contributed by atoms with Crippen LogP contribution in [0.4, 0.5) is 19.1 Å². The molecule has 13 heteroatoms. The summed E-state index contributed by atoms with van der Waals surface area (Å²) >= 11 is 0. The Labute approximate surface area is 217 Å². The van der Waals surface area contributed by atoms with Crippen molar-refractivity contribution in [2.24, 2.45) is 0 Å². The minimum atomic E-state index is -3.57. The van der Waals surface area contributed by atoms with Gasteiger partial charge in [-0.05, 0) is 62.7 Å². The molecule has 0 aliphatic rings. The smallest absolute Gasteiger partial charge is 0.280 e. The molecule has 0 radical (unpaired) electrons. The maximum absolute atomic E-state index is 13.7. The Hall–Kier alpha value is -4.00. The maximum Gasteiger partial charge on any atom is 0.280 e. The second-order valence-corrected chi connectivity index (χ2v) is 10.8. The van der Waals surface area contributed by atoms with E-state index >= 15 is 0 Å². The maximum atomic E-state index is 13.7. The lowest BCUT2D eigenvalue weighted by molar-refractivity contribution is 0.146. The molecule has 0 aliphatic carbocycles.